The predicted octanol–water partition coefficient (Wildman–Crippen LogP) is 3.58. The number of benzene rings is 2. The number of thioether (sulfide) groups is 1. The van der Waals surface area contributed by atoms with Crippen molar-refractivity contribution in [1.29, 1.82) is 0 Å². The Morgan fingerprint density at radius 2 is 1.79 bits per heavy atom. The van der Waals surface area contributed by atoms with E-state index in [1.807, 2.05) is 49.6 Å². The van der Waals surface area contributed by atoms with Gasteiger partial charge in [-0.3, -0.25) is 4.79 Å². The van der Waals surface area contributed by atoms with Crippen molar-refractivity contribution < 1.29 is 14.3 Å². The van der Waals surface area contributed by atoms with Crippen molar-refractivity contribution in [2.45, 2.75) is 31.4 Å². The highest BCUT2D eigenvalue weighted by molar-refractivity contribution is 7.98. The lowest BCUT2D eigenvalue weighted by atomic mass is 10.1. The fourth-order valence-corrected chi connectivity index (χ4v) is 2.72. The van der Waals surface area contributed by atoms with Gasteiger partial charge in [-0.1, -0.05) is 42.0 Å². The van der Waals surface area contributed by atoms with Crippen LogP contribution in [0, 0.1) is 6.92 Å². The summed E-state index contributed by atoms with van der Waals surface area (Å²) in [6, 6.07) is 15.1. The van der Waals surface area contributed by atoms with E-state index in [0.29, 0.717) is 12.1 Å². The normalized spacial score (nSPS) is 11.6. The van der Waals surface area contributed by atoms with E-state index in [1.54, 1.807) is 19.1 Å². The molecule has 0 fully saturated rings. The molecular weight excluding hydrogens is 322 g/mol. The first kappa shape index (κ1) is 18.1. The van der Waals surface area contributed by atoms with Gasteiger partial charge in [0.1, 0.15) is 0 Å². The summed E-state index contributed by atoms with van der Waals surface area (Å²) in [6.07, 6.45) is 1.04. The molecule has 2 rings (SSSR count). The second kappa shape index (κ2) is 8.55. The Balaban J connectivity index is 1.91. The minimum Gasteiger partial charge on any atom is -0.449 e. The van der Waals surface area contributed by atoms with Crippen molar-refractivity contribution in [3.63, 3.8) is 0 Å². The van der Waals surface area contributed by atoms with Crippen LogP contribution in [-0.2, 0) is 16.1 Å². The van der Waals surface area contributed by atoms with Crippen LogP contribution in [0.2, 0.25) is 0 Å². The van der Waals surface area contributed by atoms with Crippen molar-refractivity contribution in [3.05, 3.63) is 65.2 Å². The molecule has 0 heterocycles. The first-order chi connectivity index (χ1) is 11.5. The maximum absolute atomic E-state index is 12.2. The van der Waals surface area contributed by atoms with Gasteiger partial charge in [-0.25, -0.2) is 4.79 Å². The molecule has 0 radical (unpaired) electrons. The average Bonchev–Trinajstić information content (AvgIpc) is 2.60. The summed E-state index contributed by atoms with van der Waals surface area (Å²) in [5.41, 5.74) is 2.64. The zero-order chi connectivity index (χ0) is 17.5. The molecule has 2 aromatic rings. The van der Waals surface area contributed by atoms with Crippen LogP contribution in [0.1, 0.15) is 28.4 Å². The lowest BCUT2D eigenvalue weighted by Crippen LogP contribution is -2.35. The molecule has 1 atom stereocenters. The number of aryl methyl sites for hydroxylation is 1. The fraction of sp³-hybridized carbons (Fsp3) is 0.263. The summed E-state index contributed by atoms with van der Waals surface area (Å²) in [7, 11) is 0. The number of nitrogens with one attached hydrogen (secondary N) is 1. The van der Waals surface area contributed by atoms with E-state index in [-0.39, 0.29) is 5.91 Å². The molecule has 0 spiro atoms. The standard InChI is InChI=1S/C19H21NO3S/c1-13-8-10-15(11-9-13)12-20-18(21)14(2)23-19(22)16-6-4-5-7-17(16)24-3/h4-11,14H,12H2,1-3H3,(H,20,21)/t14-/m1/s1. The number of esters is 1. The van der Waals surface area contributed by atoms with Gasteiger partial charge in [0.05, 0.1) is 5.56 Å². The van der Waals surface area contributed by atoms with Gasteiger partial charge in [-0.15, -0.1) is 11.8 Å². The van der Waals surface area contributed by atoms with Gasteiger partial charge in [0.15, 0.2) is 6.10 Å². The molecule has 0 saturated heterocycles. The van der Waals surface area contributed by atoms with E-state index in [0.717, 1.165) is 10.5 Å². The van der Waals surface area contributed by atoms with E-state index in [2.05, 4.69) is 5.32 Å². The first-order valence-corrected chi connectivity index (χ1v) is 8.91. The number of rotatable bonds is 6. The van der Waals surface area contributed by atoms with Gasteiger partial charge in [-0.2, -0.15) is 0 Å². The Labute approximate surface area is 146 Å². The topological polar surface area (TPSA) is 55.4 Å². The molecule has 0 aliphatic heterocycles. The van der Waals surface area contributed by atoms with Crippen LogP contribution >= 0.6 is 11.8 Å². The number of carbonyl (C=O) groups excluding carboxylic acids is 2. The van der Waals surface area contributed by atoms with E-state index in [4.69, 9.17) is 4.74 Å². The van der Waals surface area contributed by atoms with Gasteiger partial charge in [0, 0.05) is 11.4 Å². The minimum absolute atomic E-state index is 0.314. The van der Waals surface area contributed by atoms with Crippen LogP contribution in [0.4, 0.5) is 0 Å². The SMILES string of the molecule is CSc1ccccc1C(=O)O[C@H](C)C(=O)NCc1ccc(C)cc1. The van der Waals surface area contributed by atoms with E-state index in [1.165, 1.54) is 17.3 Å². The zero-order valence-corrected chi connectivity index (χ0v) is 14.9. The Bertz CT molecular complexity index is 713. The third-order valence-corrected chi connectivity index (χ3v) is 4.36. The van der Waals surface area contributed by atoms with Crippen LogP contribution in [0.5, 0.6) is 0 Å². The second-order valence-electron chi connectivity index (χ2n) is 5.45. The number of carbonyl (C=O) groups is 2. The molecule has 24 heavy (non-hydrogen) atoms. The van der Waals surface area contributed by atoms with Crippen molar-refractivity contribution in [2.24, 2.45) is 0 Å². The molecule has 126 valence electrons. The van der Waals surface area contributed by atoms with Crippen LogP contribution in [0.3, 0.4) is 0 Å². The van der Waals surface area contributed by atoms with Crippen LogP contribution < -0.4 is 5.32 Å². The fourth-order valence-electron chi connectivity index (χ4n) is 2.13. The number of amides is 1. The third-order valence-electron chi connectivity index (χ3n) is 3.57. The molecule has 0 unspecified atom stereocenters. The highest BCUT2D eigenvalue weighted by atomic mass is 32.2. The highest BCUT2D eigenvalue weighted by Crippen LogP contribution is 2.21. The van der Waals surface area contributed by atoms with Gasteiger partial charge < -0.3 is 10.1 Å². The van der Waals surface area contributed by atoms with Crippen molar-refractivity contribution in [1.82, 2.24) is 5.32 Å². The molecule has 0 aliphatic rings. The summed E-state index contributed by atoms with van der Waals surface area (Å²) in [4.78, 5) is 25.2. The van der Waals surface area contributed by atoms with Crippen molar-refractivity contribution in [2.75, 3.05) is 6.26 Å². The molecule has 1 amide bonds. The lowest BCUT2D eigenvalue weighted by Gasteiger charge is -2.14. The first-order valence-electron chi connectivity index (χ1n) is 7.68. The Kier molecular flexibility index (Phi) is 6.44. The van der Waals surface area contributed by atoms with Gasteiger partial charge in [0.2, 0.25) is 0 Å². The van der Waals surface area contributed by atoms with Gasteiger partial charge >= 0.3 is 5.97 Å². The Hall–Kier alpha value is -2.27. The summed E-state index contributed by atoms with van der Waals surface area (Å²) in [5, 5.41) is 2.78. The van der Waals surface area contributed by atoms with E-state index >= 15 is 0 Å². The number of ether oxygens (including phenoxy) is 1. The van der Waals surface area contributed by atoms with Crippen LogP contribution in [-0.4, -0.2) is 24.2 Å². The molecule has 0 bridgehead atoms. The smallest absolute Gasteiger partial charge is 0.340 e. The quantitative estimate of drug-likeness (QED) is 0.643. The molecule has 2 aromatic carbocycles. The van der Waals surface area contributed by atoms with E-state index in [9.17, 15) is 9.59 Å². The van der Waals surface area contributed by atoms with E-state index < -0.39 is 12.1 Å². The molecule has 0 aliphatic carbocycles. The van der Waals surface area contributed by atoms with Crippen molar-refractivity contribution >= 4 is 23.6 Å². The lowest BCUT2D eigenvalue weighted by molar-refractivity contribution is -0.129. The minimum atomic E-state index is -0.849. The molecule has 5 heteroatoms. The van der Waals surface area contributed by atoms with Gasteiger partial charge in [-0.05, 0) is 37.8 Å². The largest absolute Gasteiger partial charge is 0.449 e. The predicted molar refractivity (Wildman–Crippen MR) is 96.1 cm³/mol. The Morgan fingerprint density at radius 3 is 2.46 bits per heavy atom. The Morgan fingerprint density at radius 1 is 1.12 bits per heavy atom. The molecule has 4 nitrogen and oxygen atoms in total. The maximum atomic E-state index is 12.2. The number of hydrogen-bond donors (Lipinski definition) is 1. The molecule has 1 N–H and O–H groups in total. The summed E-state index contributed by atoms with van der Waals surface area (Å²) >= 11 is 1.47. The van der Waals surface area contributed by atoms with Crippen LogP contribution in [0.15, 0.2) is 53.4 Å². The second-order valence-corrected chi connectivity index (χ2v) is 6.30. The average molecular weight is 343 g/mol. The summed E-state index contributed by atoms with van der Waals surface area (Å²) in [6.45, 7) is 3.99. The van der Waals surface area contributed by atoms with Crippen LogP contribution in [0.25, 0.3) is 0 Å². The summed E-state index contributed by atoms with van der Waals surface area (Å²) in [5.74, 6) is -0.802. The molecular formula is C19H21NO3S. The monoisotopic (exact) mass is 343 g/mol. The molecule has 0 aromatic heterocycles. The number of hydrogen-bond acceptors (Lipinski definition) is 4. The highest BCUT2D eigenvalue weighted by Gasteiger charge is 2.20. The third kappa shape index (κ3) is 4.86. The molecule has 0 saturated carbocycles. The zero-order valence-electron chi connectivity index (χ0n) is 14.0. The van der Waals surface area contributed by atoms with Crippen molar-refractivity contribution in [3.8, 4) is 0 Å². The van der Waals surface area contributed by atoms with Gasteiger partial charge in [0.25, 0.3) is 5.91 Å². The summed E-state index contributed by atoms with van der Waals surface area (Å²) < 4.78 is 5.28. The maximum Gasteiger partial charge on any atom is 0.340 e.